The minimum Gasteiger partial charge on any atom is -0.380 e. The highest BCUT2D eigenvalue weighted by Crippen LogP contribution is 2.28. The average Bonchev–Trinajstić information content (AvgIpc) is 3.28. The molecule has 0 amide bonds. The molecule has 110 valence electrons. The molecule has 0 radical (unpaired) electrons. The molecule has 20 heavy (non-hydrogen) atoms. The van der Waals surface area contributed by atoms with Crippen molar-refractivity contribution >= 4 is 0 Å². The van der Waals surface area contributed by atoms with Gasteiger partial charge in [-0.1, -0.05) is 24.3 Å². The first-order valence-corrected chi connectivity index (χ1v) is 7.87. The van der Waals surface area contributed by atoms with Crippen LogP contribution in [0, 0.1) is 5.92 Å². The van der Waals surface area contributed by atoms with E-state index < -0.39 is 0 Å². The Kier molecular flexibility index (Phi) is 4.71. The second kappa shape index (κ2) is 6.70. The molecule has 1 heterocycles. The molecular weight excluding hydrogens is 248 g/mol. The van der Waals surface area contributed by atoms with Gasteiger partial charge in [0, 0.05) is 38.7 Å². The zero-order chi connectivity index (χ0) is 13.8. The summed E-state index contributed by atoms with van der Waals surface area (Å²) in [5.41, 5.74) is 2.99. The predicted octanol–water partition coefficient (Wildman–Crippen LogP) is 2.23. The lowest BCUT2D eigenvalue weighted by molar-refractivity contribution is 0.101. The zero-order valence-electron chi connectivity index (χ0n) is 12.5. The van der Waals surface area contributed by atoms with Crippen molar-refractivity contribution in [2.75, 3.05) is 39.9 Å². The highest BCUT2D eigenvalue weighted by atomic mass is 16.5. The highest BCUT2D eigenvalue weighted by molar-refractivity contribution is 5.32. The van der Waals surface area contributed by atoms with E-state index in [1.165, 1.54) is 24.0 Å². The smallest absolute Gasteiger partial charge is 0.0593 e. The number of ether oxygens (including phenoxy) is 1. The second-order valence-corrected chi connectivity index (χ2v) is 6.31. The van der Waals surface area contributed by atoms with Crippen molar-refractivity contribution in [3.05, 3.63) is 35.4 Å². The van der Waals surface area contributed by atoms with Crippen molar-refractivity contribution in [2.45, 2.75) is 25.3 Å². The van der Waals surface area contributed by atoms with Crippen molar-refractivity contribution in [3.63, 3.8) is 0 Å². The van der Waals surface area contributed by atoms with Crippen molar-refractivity contribution in [3.8, 4) is 0 Å². The maximum atomic E-state index is 5.73. The number of nitrogens with one attached hydrogen (secondary N) is 1. The molecule has 3 heteroatoms. The molecule has 1 aliphatic heterocycles. The molecule has 0 spiro atoms. The first-order valence-electron chi connectivity index (χ1n) is 7.87. The van der Waals surface area contributed by atoms with Crippen LogP contribution in [0.4, 0.5) is 0 Å². The van der Waals surface area contributed by atoms with Gasteiger partial charge in [-0.05, 0) is 36.9 Å². The summed E-state index contributed by atoms with van der Waals surface area (Å²) in [5, 5.41) is 3.53. The largest absolute Gasteiger partial charge is 0.380 e. The fourth-order valence-electron chi connectivity index (χ4n) is 2.97. The zero-order valence-corrected chi connectivity index (χ0v) is 12.5. The number of nitrogens with zero attached hydrogens (tertiary/aromatic N) is 1. The number of hydrogen-bond acceptors (Lipinski definition) is 3. The lowest BCUT2D eigenvalue weighted by Gasteiger charge is -2.30. The fraction of sp³-hybridized carbons (Fsp3) is 0.647. The van der Waals surface area contributed by atoms with E-state index in [2.05, 4.69) is 41.5 Å². The number of hydrogen-bond donors (Lipinski definition) is 1. The molecule has 0 aromatic heterocycles. The number of rotatable bonds is 7. The van der Waals surface area contributed by atoms with Crippen LogP contribution in [0.2, 0.25) is 0 Å². The third kappa shape index (κ3) is 3.81. The summed E-state index contributed by atoms with van der Waals surface area (Å²) >= 11 is 0. The van der Waals surface area contributed by atoms with E-state index in [-0.39, 0.29) is 0 Å². The van der Waals surface area contributed by atoms with E-state index in [9.17, 15) is 0 Å². The number of benzene rings is 1. The lowest BCUT2D eigenvalue weighted by Crippen LogP contribution is -2.36. The quantitative estimate of drug-likeness (QED) is 0.772. The topological polar surface area (TPSA) is 24.5 Å². The Morgan fingerprint density at radius 2 is 2.15 bits per heavy atom. The van der Waals surface area contributed by atoms with Gasteiger partial charge in [0.05, 0.1) is 6.61 Å². The lowest BCUT2D eigenvalue weighted by atomic mass is 9.90. The molecule has 3 rings (SSSR count). The number of likely N-dealkylation sites (N-methyl/N-ethyl adjacent to an activating group) is 1. The molecule has 1 saturated carbocycles. The van der Waals surface area contributed by atoms with Crippen LogP contribution < -0.4 is 5.32 Å². The van der Waals surface area contributed by atoms with Crippen LogP contribution in [0.5, 0.6) is 0 Å². The Morgan fingerprint density at radius 3 is 3.00 bits per heavy atom. The second-order valence-electron chi connectivity index (χ2n) is 6.31. The van der Waals surface area contributed by atoms with Gasteiger partial charge in [0.2, 0.25) is 0 Å². The molecule has 0 saturated heterocycles. The monoisotopic (exact) mass is 274 g/mol. The van der Waals surface area contributed by atoms with Gasteiger partial charge in [0.25, 0.3) is 0 Å². The van der Waals surface area contributed by atoms with Crippen LogP contribution in [-0.2, 0) is 11.3 Å². The first kappa shape index (κ1) is 14.1. The Bertz CT molecular complexity index is 431. The Labute approximate surface area is 122 Å². The minimum absolute atomic E-state index is 0.605. The Balaban J connectivity index is 1.45. The SMILES string of the molecule is CN(CCOCC1CC1)CC1CNCc2ccccc21. The van der Waals surface area contributed by atoms with Crippen LogP contribution in [0.3, 0.4) is 0 Å². The van der Waals surface area contributed by atoms with E-state index in [0.29, 0.717) is 5.92 Å². The molecule has 2 aliphatic rings. The van der Waals surface area contributed by atoms with Gasteiger partial charge in [0.1, 0.15) is 0 Å². The molecule has 1 unspecified atom stereocenters. The van der Waals surface area contributed by atoms with Gasteiger partial charge in [0.15, 0.2) is 0 Å². The molecule has 1 aliphatic carbocycles. The van der Waals surface area contributed by atoms with Gasteiger partial charge in [-0.2, -0.15) is 0 Å². The van der Waals surface area contributed by atoms with Crippen molar-refractivity contribution in [2.24, 2.45) is 5.92 Å². The predicted molar refractivity (Wildman–Crippen MR) is 81.9 cm³/mol. The molecule has 1 N–H and O–H groups in total. The molecule has 1 aromatic rings. The van der Waals surface area contributed by atoms with Crippen LogP contribution >= 0.6 is 0 Å². The summed E-state index contributed by atoms with van der Waals surface area (Å²) in [6.45, 7) is 6.09. The standard InChI is InChI=1S/C17H26N2O/c1-19(8-9-20-13-14-6-7-14)12-16-11-18-10-15-4-2-3-5-17(15)16/h2-5,14,16,18H,6-13H2,1H3. The van der Waals surface area contributed by atoms with Crippen LogP contribution in [0.15, 0.2) is 24.3 Å². The van der Waals surface area contributed by atoms with Crippen LogP contribution in [-0.4, -0.2) is 44.8 Å². The van der Waals surface area contributed by atoms with Crippen molar-refractivity contribution < 1.29 is 4.74 Å². The Hall–Kier alpha value is -0.900. The number of fused-ring (bicyclic) bond motifs is 1. The fourth-order valence-corrected chi connectivity index (χ4v) is 2.97. The summed E-state index contributed by atoms with van der Waals surface area (Å²) in [6, 6.07) is 8.83. The van der Waals surface area contributed by atoms with Crippen LogP contribution in [0.25, 0.3) is 0 Å². The molecule has 0 bridgehead atoms. The normalized spacial score (nSPS) is 22.0. The first-order chi connectivity index (χ1) is 9.83. The summed E-state index contributed by atoms with van der Waals surface area (Å²) in [6.07, 6.45) is 2.75. The molecular formula is C17H26N2O. The highest BCUT2D eigenvalue weighted by Gasteiger charge is 2.22. The average molecular weight is 274 g/mol. The summed E-state index contributed by atoms with van der Waals surface area (Å²) in [4.78, 5) is 2.40. The molecule has 1 aromatic carbocycles. The van der Waals surface area contributed by atoms with Gasteiger partial charge in [-0.15, -0.1) is 0 Å². The van der Waals surface area contributed by atoms with E-state index in [0.717, 1.165) is 45.3 Å². The summed E-state index contributed by atoms with van der Waals surface area (Å²) in [7, 11) is 2.21. The summed E-state index contributed by atoms with van der Waals surface area (Å²) in [5.74, 6) is 1.48. The Morgan fingerprint density at radius 1 is 1.30 bits per heavy atom. The molecule has 1 fully saturated rings. The van der Waals surface area contributed by atoms with Crippen LogP contribution in [0.1, 0.15) is 29.9 Å². The maximum absolute atomic E-state index is 5.73. The molecule has 3 nitrogen and oxygen atoms in total. The van der Waals surface area contributed by atoms with E-state index in [1.807, 2.05) is 0 Å². The van der Waals surface area contributed by atoms with E-state index in [1.54, 1.807) is 0 Å². The van der Waals surface area contributed by atoms with Crippen molar-refractivity contribution in [1.29, 1.82) is 0 Å². The van der Waals surface area contributed by atoms with Gasteiger partial charge < -0.3 is 15.0 Å². The third-order valence-electron chi connectivity index (χ3n) is 4.40. The maximum Gasteiger partial charge on any atom is 0.0593 e. The minimum atomic E-state index is 0.605. The van der Waals surface area contributed by atoms with Gasteiger partial charge in [-0.25, -0.2) is 0 Å². The van der Waals surface area contributed by atoms with Crippen molar-refractivity contribution in [1.82, 2.24) is 10.2 Å². The molecule has 1 atom stereocenters. The van der Waals surface area contributed by atoms with E-state index >= 15 is 0 Å². The summed E-state index contributed by atoms with van der Waals surface area (Å²) < 4.78 is 5.73. The van der Waals surface area contributed by atoms with Gasteiger partial charge >= 0.3 is 0 Å². The van der Waals surface area contributed by atoms with Gasteiger partial charge in [-0.3, -0.25) is 0 Å². The van der Waals surface area contributed by atoms with E-state index in [4.69, 9.17) is 4.74 Å². The third-order valence-corrected chi connectivity index (χ3v) is 4.40.